The summed E-state index contributed by atoms with van der Waals surface area (Å²) in [5, 5.41) is 1.51. The van der Waals surface area contributed by atoms with E-state index in [4.69, 9.17) is 22.1 Å². The van der Waals surface area contributed by atoms with Crippen LogP contribution in [-0.4, -0.2) is 4.98 Å². The van der Waals surface area contributed by atoms with E-state index in [-0.39, 0.29) is 0 Å². The predicted octanol–water partition coefficient (Wildman–Crippen LogP) is 4.57. The lowest BCUT2D eigenvalue weighted by Crippen LogP contribution is -1.96. The second-order valence-corrected chi connectivity index (χ2v) is 5.01. The van der Waals surface area contributed by atoms with Crippen molar-refractivity contribution < 1.29 is 4.74 Å². The zero-order chi connectivity index (χ0) is 14.1. The molecule has 0 spiro atoms. The molecule has 20 heavy (non-hydrogen) atoms. The van der Waals surface area contributed by atoms with Gasteiger partial charge in [-0.3, -0.25) is 4.98 Å². The molecule has 0 aliphatic carbocycles. The molecule has 0 saturated carbocycles. The summed E-state index contributed by atoms with van der Waals surface area (Å²) in [6.07, 6.45) is 1.61. The number of nitrogens with two attached hydrogens (primary N) is 1. The fourth-order valence-electron chi connectivity index (χ4n) is 2.04. The Bertz CT molecular complexity index is 787. The SMILES string of the molecule is Cc1ccc(Cl)cc1Oc1c(N)cnc2ccccc12. The third-order valence-electron chi connectivity index (χ3n) is 3.12. The van der Waals surface area contributed by atoms with Crippen LogP contribution in [0.4, 0.5) is 5.69 Å². The largest absolute Gasteiger partial charge is 0.454 e. The predicted molar refractivity (Wildman–Crippen MR) is 82.4 cm³/mol. The summed E-state index contributed by atoms with van der Waals surface area (Å²) in [5.74, 6) is 1.31. The fraction of sp³-hybridized carbons (Fsp3) is 0.0625. The summed E-state index contributed by atoms with van der Waals surface area (Å²) >= 11 is 6.02. The average molecular weight is 285 g/mol. The van der Waals surface area contributed by atoms with Crippen LogP contribution < -0.4 is 10.5 Å². The molecule has 0 fully saturated rings. The Morgan fingerprint density at radius 1 is 1.15 bits per heavy atom. The van der Waals surface area contributed by atoms with E-state index in [9.17, 15) is 0 Å². The minimum absolute atomic E-state index is 0.503. The van der Waals surface area contributed by atoms with E-state index < -0.39 is 0 Å². The molecule has 2 aromatic carbocycles. The Kier molecular flexibility index (Phi) is 3.20. The third kappa shape index (κ3) is 2.28. The van der Waals surface area contributed by atoms with Crippen molar-refractivity contribution in [1.29, 1.82) is 0 Å². The Labute approximate surface area is 122 Å². The van der Waals surface area contributed by atoms with Gasteiger partial charge in [-0.2, -0.15) is 0 Å². The molecule has 0 atom stereocenters. The minimum Gasteiger partial charge on any atom is -0.454 e. The van der Waals surface area contributed by atoms with Crippen LogP contribution in [0.25, 0.3) is 10.9 Å². The van der Waals surface area contributed by atoms with E-state index in [0.717, 1.165) is 16.5 Å². The van der Waals surface area contributed by atoms with Crippen molar-refractivity contribution in [3.63, 3.8) is 0 Å². The molecular formula is C16H13ClN2O. The van der Waals surface area contributed by atoms with Crippen molar-refractivity contribution in [3.05, 3.63) is 59.2 Å². The number of aromatic nitrogens is 1. The van der Waals surface area contributed by atoms with Crippen LogP contribution in [0.15, 0.2) is 48.7 Å². The molecule has 0 unspecified atom stereocenters. The van der Waals surface area contributed by atoms with Crippen LogP contribution in [0, 0.1) is 6.92 Å². The van der Waals surface area contributed by atoms with Gasteiger partial charge in [0.1, 0.15) is 5.75 Å². The fourth-order valence-corrected chi connectivity index (χ4v) is 2.20. The van der Waals surface area contributed by atoms with E-state index in [1.807, 2.05) is 43.3 Å². The number of fused-ring (bicyclic) bond motifs is 1. The molecule has 3 aromatic rings. The van der Waals surface area contributed by atoms with Crippen molar-refractivity contribution in [3.8, 4) is 11.5 Å². The molecule has 0 bridgehead atoms. The first-order valence-corrected chi connectivity index (χ1v) is 6.60. The zero-order valence-corrected chi connectivity index (χ0v) is 11.7. The minimum atomic E-state index is 0.503. The summed E-state index contributed by atoms with van der Waals surface area (Å²) in [7, 11) is 0. The number of nitrogen functional groups attached to an aromatic ring is 1. The van der Waals surface area contributed by atoms with Gasteiger partial charge in [-0.15, -0.1) is 0 Å². The highest BCUT2D eigenvalue weighted by molar-refractivity contribution is 6.30. The lowest BCUT2D eigenvalue weighted by molar-refractivity contribution is 0.486. The standard InChI is InChI=1S/C16H13ClN2O/c1-10-6-7-11(17)8-15(10)20-16-12-4-2-3-5-14(12)19-9-13(16)18/h2-9H,18H2,1H3. The number of halogens is 1. The van der Waals surface area contributed by atoms with Gasteiger partial charge in [-0.1, -0.05) is 29.8 Å². The summed E-state index contributed by atoms with van der Waals surface area (Å²) < 4.78 is 5.98. The number of pyridine rings is 1. The third-order valence-corrected chi connectivity index (χ3v) is 3.35. The van der Waals surface area contributed by atoms with Gasteiger partial charge in [0.05, 0.1) is 17.4 Å². The first-order chi connectivity index (χ1) is 9.65. The highest BCUT2D eigenvalue weighted by atomic mass is 35.5. The highest BCUT2D eigenvalue weighted by Crippen LogP contribution is 2.36. The average Bonchev–Trinajstić information content (AvgIpc) is 2.46. The molecule has 3 nitrogen and oxygen atoms in total. The molecule has 3 rings (SSSR count). The Hall–Kier alpha value is -2.26. The van der Waals surface area contributed by atoms with E-state index in [1.165, 1.54) is 0 Å². The number of rotatable bonds is 2. The molecule has 0 amide bonds. The van der Waals surface area contributed by atoms with Gasteiger partial charge in [0.25, 0.3) is 0 Å². The maximum Gasteiger partial charge on any atom is 0.161 e. The lowest BCUT2D eigenvalue weighted by Gasteiger charge is -2.13. The normalized spacial score (nSPS) is 10.7. The summed E-state index contributed by atoms with van der Waals surface area (Å²) in [6, 6.07) is 13.3. The van der Waals surface area contributed by atoms with Gasteiger partial charge < -0.3 is 10.5 Å². The molecular weight excluding hydrogens is 272 g/mol. The van der Waals surface area contributed by atoms with Crippen LogP contribution in [-0.2, 0) is 0 Å². The van der Waals surface area contributed by atoms with E-state index in [0.29, 0.717) is 22.2 Å². The van der Waals surface area contributed by atoms with Gasteiger partial charge in [-0.05, 0) is 36.8 Å². The van der Waals surface area contributed by atoms with Crippen molar-refractivity contribution in [2.75, 3.05) is 5.73 Å². The monoisotopic (exact) mass is 284 g/mol. The van der Waals surface area contributed by atoms with E-state index >= 15 is 0 Å². The van der Waals surface area contributed by atoms with Crippen LogP contribution in [0.3, 0.4) is 0 Å². The first kappa shape index (κ1) is 12.8. The van der Waals surface area contributed by atoms with Crippen molar-refractivity contribution in [2.45, 2.75) is 6.92 Å². The van der Waals surface area contributed by atoms with Gasteiger partial charge in [0.2, 0.25) is 0 Å². The quantitative estimate of drug-likeness (QED) is 0.750. The van der Waals surface area contributed by atoms with Crippen molar-refractivity contribution in [2.24, 2.45) is 0 Å². The van der Waals surface area contributed by atoms with Crippen LogP contribution in [0.5, 0.6) is 11.5 Å². The van der Waals surface area contributed by atoms with Crippen molar-refractivity contribution >= 4 is 28.2 Å². The number of hydrogen-bond acceptors (Lipinski definition) is 3. The van der Waals surface area contributed by atoms with Gasteiger partial charge in [0, 0.05) is 10.4 Å². The highest BCUT2D eigenvalue weighted by Gasteiger charge is 2.10. The molecule has 100 valence electrons. The van der Waals surface area contributed by atoms with Crippen LogP contribution >= 0.6 is 11.6 Å². The topological polar surface area (TPSA) is 48.1 Å². The van der Waals surface area contributed by atoms with Gasteiger partial charge in [-0.25, -0.2) is 0 Å². The summed E-state index contributed by atoms with van der Waals surface area (Å²) in [4.78, 5) is 4.29. The smallest absolute Gasteiger partial charge is 0.161 e. The number of ether oxygens (including phenoxy) is 1. The maximum absolute atomic E-state index is 6.02. The Balaban J connectivity index is 2.15. The summed E-state index contributed by atoms with van der Waals surface area (Å²) in [5.41, 5.74) is 8.34. The number of hydrogen-bond donors (Lipinski definition) is 1. The molecule has 0 saturated heterocycles. The molecule has 0 radical (unpaired) electrons. The van der Waals surface area contributed by atoms with Crippen molar-refractivity contribution in [1.82, 2.24) is 4.98 Å². The van der Waals surface area contributed by atoms with Crippen LogP contribution in [0.2, 0.25) is 5.02 Å². The zero-order valence-electron chi connectivity index (χ0n) is 10.9. The number of para-hydroxylation sites is 1. The second kappa shape index (κ2) is 5.02. The maximum atomic E-state index is 6.02. The summed E-state index contributed by atoms with van der Waals surface area (Å²) in [6.45, 7) is 1.96. The molecule has 1 heterocycles. The number of nitrogens with zero attached hydrogens (tertiary/aromatic N) is 1. The molecule has 1 aromatic heterocycles. The van der Waals surface area contributed by atoms with E-state index in [1.54, 1.807) is 12.3 Å². The Morgan fingerprint density at radius 3 is 2.80 bits per heavy atom. The van der Waals surface area contributed by atoms with Crippen LogP contribution in [0.1, 0.15) is 5.56 Å². The molecule has 2 N–H and O–H groups in total. The first-order valence-electron chi connectivity index (χ1n) is 6.22. The molecule has 0 aliphatic heterocycles. The number of anilines is 1. The molecule has 4 heteroatoms. The van der Waals surface area contributed by atoms with Gasteiger partial charge >= 0.3 is 0 Å². The Morgan fingerprint density at radius 2 is 1.95 bits per heavy atom. The number of aryl methyl sites for hydroxylation is 1. The van der Waals surface area contributed by atoms with E-state index in [2.05, 4.69) is 4.98 Å². The molecule has 0 aliphatic rings. The lowest BCUT2D eigenvalue weighted by atomic mass is 10.2. The van der Waals surface area contributed by atoms with Gasteiger partial charge in [0.15, 0.2) is 5.75 Å². The second-order valence-electron chi connectivity index (χ2n) is 4.57. The number of benzene rings is 2.